The number of hydrogen-bond acceptors (Lipinski definition) is 4. The maximum absolute atomic E-state index is 4.54. The topological polar surface area (TPSA) is 28.2 Å². The van der Waals surface area contributed by atoms with Gasteiger partial charge >= 0.3 is 0 Å². The normalized spacial score (nSPS) is 23.2. The number of thiazole rings is 1. The van der Waals surface area contributed by atoms with E-state index >= 15 is 0 Å². The summed E-state index contributed by atoms with van der Waals surface area (Å²) in [6.45, 7) is 10.1. The summed E-state index contributed by atoms with van der Waals surface area (Å²) in [5, 5.41) is 4.48. The molecule has 3 nitrogen and oxygen atoms in total. The Bertz CT molecular complexity index is 375. The molecule has 96 valence electrons. The lowest BCUT2D eigenvalue weighted by Gasteiger charge is -2.23. The fourth-order valence-electron chi connectivity index (χ4n) is 2.77. The van der Waals surface area contributed by atoms with Gasteiger partial charge in [-0.2, -0.15) is 0 Å². The molecule has 2 rings (SSSR count). The molecule has 1 aromatic heterocycles. The van der Waals surface area contributed by atoms with Gasteiger partial charge in [-0.15, -0.1) is 11.3 Å². The molecule has 0 aromatic carbocycles. The summed E-state index contributed by atoms with van der Waals surface area (Å²) in [4.78, 5) is 8.59. The van der Waals surface area contributed by atoms with Gasteiger partial charge in [0.2, 0.25) is 0 Å². The number of likely N-dealkylation sites (tertiary alicyclic amines) is 1. The minimum absolute atomic E-state index is 0.531. The molecule has 0 amide bonds. The molecule has 2 atom stereocenters. The van der Waals surface area contributed by atoms with Gasteiger partial charge in [0, 0.05) is 17.5 Å². The fraction of sp³-hybridized carbons (Fsp3) is 0.769. The van der Waals surface area contributed by atoms with Crippen LogP contribution in [0.4, 0.5) is 0 Å². The Morgan fingerprint density at radius 1 is 1.53 bits per heavy atom. The zero-order chi connectivity index (χ0) is 12.4. The molecule has 0 saturated carbocycles. The van der Waals surface area contributed by atoms with Gasteiger partial charge in [-0.25, -0.2) is 4.98 Å². The van der Waals surface area contributed by atoms with Gasteiger partial charge in [-0.05, 0) is 53.2 Å². The highest BCUT2D eigenvalue weighted by atomic mass is 32.1. The largest absolute Gasteiger partial charge is 0.319 e. The summed E-state index contributed by atoms with van der Waals surface area (Å²) >= 11 is 1.86. The monoisotopic (exact) mass is 253 g/mol. The van der Waals surface area contributed by atoms with Crippen molar-refractivity contribution in [1.29, 1.82) is 0 Å². The summed E-state index contributed by atoms with van der Waals surface area (Å²) in [6, 6.07) is 0.531. The van der Waals surface area contributed by atoms with E-state index in [1.165, 1.54) is 35.1 Å². The standard InChI is InChI=1S/C13H23N3S/c1-9-13(17-11(3)15-9)10(2)16-6-5-12(8-16)7-14-4/h10,12,14H,5-8H2,1-4H3. The number of rotatable bonds is 4. The highest BCUT2D eigenvalue weighted by molar-refractivity contribution is 7.11. The van der Waals surface area contributed by atoms with Crippen molar-refractivity contribution in [2.75, 3.05) is 26.7 Å². The Morgan fingerprint density at radius 3 is 2.88 bits per heavy atom. The molecule has 0 radical (unpaired) electrons. The third kappa shape index (κ3) is 2.87. The van der Waals surface area contributed by atoms with Gasteiger partial charge in [0.15, 0.2) is 0 Å². The van der Waals surface area contributed by atoms with Crippen LogP contribution in [0.5, 0.6) is 0 Å². The molecule has 1 N–H and O–H groups in total. The summed E-state index contributed by atoms with van der Waals surface area (Å²) < 4.78 is 0. The average Bonchev–Trinajstić information content (AvgIpc) is 2.85. The van der Waals surface area contributed by atoms with Gasteiger partial charge in [0.05, 0.1) is 10.7 Å². The van der Waals surface area contributed by atoms with Crippen molar-refractivity contribution < 1.29 is 0 Å². The van der Waals surface area contributed by atoms with Crippen molar-refractivity contribution in [1.82, 2.24) is 15.2 Å². The first kappa shape index (κ1) is 13.0. The quantitative estimate of drug-likeness (QED) is 0.893. The van der Waals surface area contributed by atoms with Gasteiger partial charge in [0.1, 0.15) is 0 Å². The van der Waals surface area contributed by atoms with Gasteiger partial charge < -0.3 is 5.32 Å². The van der Waals surface area contributed by atoms with E-state index in [1.807, 2.05) is 18.4 Å². The summed E-state index contributed by atoms with van der Waals surface area (Å²) in [5.41, 5.74) is 1.22. The van der Waals surface area contributed by atoms with Crippen molar-refractivity contribution >= 4 is 11.3 Å². The first-order valence-electron chi connectivity index (χ1n) is 6.44. The second-order valence-corrected chi connectivity index (χ2v) is 6.30. The second-order valence-electron chi connectivity index (χ2n) is 5.07. The molecule has 1 saturated heterocycles. The van der Waals surface area contributed by atoms with Crippen LogP contribution < -0.4 is 5.32 Å². The molecule has 1 fully saturated rings. The molecule has 1 aromatic rings. The number of nitrogens with zero attached hydrogens (tertiary/aromatic N) is 2. The highest BCUT2D eigenvalue weighted by Crippen LogP contribution is 2.32. The minimum Gasteiger partial charge on any atom is -0.319 e. The smallest absolute Gasteiger partial charge is 0.0900 e. The Balaban J connectivity index is 2.01. The first-order valence-corrected chi connectivity index (χ1v) is 7.26. The Kier molecular flexibility index (Phi) is 4.17. The van der Waals surface area contributed by atoms with Crippen molar-refractivity contribution in [3.05, 3.63) is 15.6 Å². The van der Waals surface area contributed by atoms with E-state index < -0.39 is 0 Å². The fourth-order valence-corrected chi connectivity index (χ4v) is 3.78. The number of aryl methyl sites for hydroxylation is 2. The van der Waals surface area contributed by atoms with Gasteiger partial charge in [0.25, 0.3) is 0 Å². The zero-order valence-electron chi connectivity index (χ0n) is 11.3. The van der Waals surface area contributed by atoms with E-state index in [0.717, 1.165) is 12.5 Å². The van der Waals surface area contributed by atoms with Crippen LogP contribution in [0, 0.1) is 19.8 Å². The minimum atomic E-state index is 0.531. The van der Waals surface area contributed by atoms with Crippen LogP contribution in [-0.4, -0.2) is 36.6 Å². The zero-order valence-corrected chi connectivity index (χ0v) is 12.1. The van der Waals surface area contributed by atoms with Gasteiger partial charge in [-0.1, -0.05) is 0 Å². The van der Waals surface area contributed by atoms with Crippen LogP contribution in [0.1, 0.15) is 35.0 Å². The van der Waals surface area contributed by atoms with Crippen LogP contribution >= 0.6 is 11.3 Å². The highest BCUT2D eigenvalue weighted by Gasteiger charge is 2.28. The Hall–Kier alpha value is -0.450. The average molecular weight is 253 g/mol. The SMILES string of the molecule is CNCC1CCN(C(C)c2sc(C)nc2C)C1. The maximum Gasteiger partial charge on any atom is 0.0900 e. The second kappa shape index (κ2) is 5.46. The summed E-state index contributed by atoms with van der Waals surface area (Å²) in [7, 11) is 2.04. The van der Waals surface area contributed by atoms with Crippen LogP contribution in [-0.2, 0) is 0 Å². The molecule has 2 heterocycles. The van der Waals surface area contributed by atoms with Crippen molar-refractivity contribution in [3.63, 3.8) is 0 Å². The van der Waals surface area contributed by atoms with Crippen LogP contribution in [0.2, 0.25) is 0 Å². The third-order valence-corrected chi connectivity index (χ3v) is 4.92. The Labute approximate surface area is 108 Å². The lowest BCUT2D eigenvalue weighted by Crippen LogP contribution is -2.27. The van der Waals surface area contributed by atoms with Crippen LogP contribution in [0.15, 0.2) is 0 Å². The lowest BCUT2D eigenvalue weighted by atomic mass is 10.1. The molecule has 0 bridgehead atoms. The van der Waals surface area contributed by atoms with E-state index in [1.54, 1.807) is 0 Å². The summed E-state index contributed by atoms with van der Waals surface area (Å²) in [6.07, 6.45) is 1.32. The Morgan fingerprint density at radius 2 is 2.29 bits per heavy atom. The van der Waals surface area contributed by atoms with E-state index in [4.69, 9.17) is 0 Å². The predicted molar refractivity (Wildman–Crippen MR) is 73.6 cm³/mol. The van der Waals surface area contributed by atoms with E-state index in [0.29, 0.717) is 6.04 Å². The molecule has 0 aliphatic carbocycles. The van der Waals surface area contributed by atoms with Crippen molar-refractivity contribution in [2.24, 2.45) is 5.92 Å². The van der Waals surface area contributed by atoms with E-state index in [2.05, 4.69) is 36.0 Å². The number of hydrogen-bond donors (Lipinski definition) is 1. The molecule has 1 aliphatic heterocycles. The lowest BCUT2D eigenvalue weighted by molar-refractivity contribution is 0.254. The third-order valence-electron chi connectivity index (χ3n) is 3.68. The van der Waals surface area contributed by atoms with Crippen LogP contribution in [0.3, 0.4) is 0 Å². The molecular formula is C13H23N3S. The van der Waals surface area contributed by atoms with Crippen molar-refractivity contribution in [3.8, 4) is 0 Å². The number of nitrogens with one attached hydrogen (secondary N) is 1. The molecule has 17 heavy (non-hydrogen) atoms. The molecule has 2 unspecified atom stereocenters. The predicted octanol–water partition coefficient (Wildman–Crippen LogP) is 2.36. The summed E-state index contributed by atoms with van der Waals surface area (Å²) in [5.74, 6) is 0.816. The maximum atomic E-state index is 4.54. The molecule has 1 aliphatic rings. The van der Waals surface area contributed by atoms with Gasteiger partial charge in [-0.3, -0.25) is 4.90 Å². The van der Waals surface area contributed by atoms with Crippen molar-refractivity contribution in [2.45, 2.75) is 33.2 Å². The molecule has 4 heteroatoms. The van der Waals surface area contributed by atoms with E-state index in [9.17, 15) is 0 Å². The first-order chi connectivity index (χ1) is 8.11. The van der Waals surface area contributed by atoms with E-state index in [-0.39, 0.29) is 0 Å². The molecule has 0 spiro atoms. The van der Waals surface area contributed by atoms with Crippen LogP contribution in [0.25, 0.3) is 0 Å². The molecular weight excluding hydrogens is 230 g/mol. The number of aromatic nitrogens is 1.